The maximum atomic E-state index is 12.9. The molecule has 0 bridgehead atoms. The van der Waals surface area contributed by atoms with Crippen LogP contribution in [0.25, 0.3) is 0 Å². The Bertz CT molecular complexity index is 1260. The number of amides is 1. The van der Waals surface area contributed by atoms with Gasteiger partial charge in [0.05, 0.1) is 29.9 Å². The first-order chi connectivity index (χ1) is 16.8. The van der Waals surface area contributed by atoms with Gasteiger partial charge in [-0.1, -0.05) is 0 Å². The van der Waals surface area contributed by atoms with Gasteiger partial charge in [0.2, 0.25) is 0 Å². The van der Waals surface area contributed by atoms with E-state index >= 15 is 0 Å². The average molecular weight is 499 g/mol. The van der Waals surface area contributed by atoms with E-state index in [0.29, 0.717) is 43.1 Å². The summed E-state index contributed by atoms with van der Waals surface area (Å²) < 4.78 is 42.7. The van der Waals surface area contributed by atoms with Crippen molar-refractivity contribution >= 4 is 27.6 Å². The molecule has 1 aromatic heterocycles. The van der Waals surface area contributed by atoms with Crippen LogP contribution in [0.5, 0.6) is 11.5 Å². The quantitative estimate of drug-likeness (QED) is 0.362. The lowest BCUT2D eigenvalue weighted by Crippen LogP contribution is -2.41. The van der Waals surface area contributed by atoms with E-state index in [1.165, 1.54) is 32.6 Å². The largest absolute Gasteiger partial charge is 0.497 e. The van der Waals surface area contributed by atoms with Crippen LogP contribution in [0, 0.1) is 5.92 Å². The summed E-state index contributed by atoms with van der Waals surface area (Å²) in [5.41, 5.74) is 0.422. The van der Waals surface area contributed by atoms with Gasteiger partial charge >= 0.3 is 5.97 Å². The number of methoxy groups -OCH3 is 1. The highest BCUT2D eigenvalue weighted by molar-refractivity contribution is 7.92. The summed E-state index contributed by atoms with van der Waals surface area (Å²) in [5.74, 6) is 0.280. The molecule has 184 valence electrons. The predicted molar refractivity (Wildman–Crippen MR) is 128 cm³/mol. The Labute approximate surface area is 203 Å². The van der Waals surface area contributed by atoms with Crippen molar-refractivity contribution in [2.75, 3.05) is 31.6 Å². The number of esters is 1. The number of ether oxygens (including phenoxy) is 2. The van der Waals surface area contributed by atoms with Gasteiger partial charge in [-0.05, 0) is 73.5 Å². The third kappa shape index (κ3) is 5.32. The Morgan fingerprint density at radius 2 is 1.60 bits per heavy atom. The highest BCUT2D eigenvalue weighted by Crippen LogP contribution is 2.27. The van der Waals surface area contributed by atoms with E-state index in [9.17, 15) is 18.0 Å². The van der Waals surface area contributed by atoms with E-state index in [4.69, 9.17) is 13.9 Å². The number of likely N-dealkylation sites (tertiary alicyclic amines) is 1. The summed E-state index contributed by atoms with van der Waals surface area (Å²) in [5, 5.41) is 0. The van der Waals surface area contributed by atoms with Crippen molar-refractivity contribution in [3.05, 3.63) is 72.7 Å². The van der Waals surface area contributed by atoms with E-state index in [-0.39, 0.29) is 28.5 Å². The number of anilines is 1. The Morgan fingerprint density at radius 3 is 2.17 bits per heavy atom. The van der Waals surface area contributed by atoms with Crippen molar-refractivity contribution < 1.29 is 31.9 Å². The monoisotopic (exact) mass is 498 g/mol. The molecular formula is C25H26N2O7S. The van der Waals surface area contributed by atoms with E-state index in [1.54, 1.807) is 53.4 Å². The van der Waals surface area contributed by atoms with Crippen molar-refractivity contribution in [3.8, 4) is 11.5 Å². The normalized spacial score (nSPS) is 14.4. The molecule has 2 aromatic carbocycles. The number of nitrogens with zero attached hydrogens (tertiary/aromatic N) is 2. The molecule has 0 atom stereocenters. The summed E-state index contributed by atoms with van der Waals surface area (Å²) >= 11 is 0. The second-order valence-corrected chi connectivity index (χ2v) is 10.1. The van der Waals surface area contributed by atoms with E-state index in [0.717, 1.165) is 4.31 Å². The minimum absolute atomic E-state index is 0.133. The van der Waals surface area contributed by atoms with Crippen LogP contribution in [-0.4, -0.2) is 52.4 Å². The molecule has 35 heavy (non-hydrogen) atoms. The lowest BCUT2D eigenvalue weighted by atomic mass is 9.97. The first-order valence-corrected chi connectivity index (χ1v) is 12.5. The summed E-state index contributed by atoms with van der Waals surface area (Å²) in [6.07, 6.45) is 2.44. The minimum atomic E-state index is -3.77. The third-order valence-electron chi connectivity index (χ3n) is 5.98. The van der Waals surface area contributed by atoms with Crippen molar-refractivity contribution in [1.29, 1.82) is 0 Å². The third-order valence-corrected chi connectivity index (χ3v) is 7.78. The van der Waals surface area contributed by atoms with Crippen LogP contribution in [0.1, 0.15) is 23.4 Å². The van der Waals surface area contributed by atoms with Gasteiger partial charge < -0.3 is 18.8 Å². The van der Waals surface area contributed by atoms with Crippen molar-refractivity contribution in [2.45, 2.75) is 17.7 Å². The number of piperidine rings is 1. The fraction of sp³-hybridized carbons (Fsp3) is 0.280. The van der Waals surface area contributed by atoms with Gasteiger partial charge in [-0.3, -0.25) is 13.9 Å². The molecule has 2 heterocycles. The van der Waals surface area contributed by atoms with Gasteiger partial charge in [-0.25, -0.2) is 8.42 Å². The first kappa shape index (κ1) is 24.3. The molecule has 1 saturated heterocycles. The predicted octanol–water partition coefficient (Wildman–Crippen LogP) is 3.57. The van der Waals surface area contributed by atoms with Gasteiger partial charge in [0.25, 0.3) is 15.9 Å². The molecule has 0 saturated carbocycles. The van der Waals surface area contributed by atoms with Gasteiger partial charge in [-0.15, -0.1) is 0 Å². The number of rotatable bonds is 7. The first-order valence-electron chi connectivity index (χ1n) is 11.1. The second kappa shape index (κ2) is 10.2. The molecule has 1 amide bonds. The fourth-order valence-corrected chi connectivity index (χ4v) is 5.04. The molecule has 3 aromatic rings. The highest BCUT2D eigenvalue weighted by atomic mass is 32.2. The summed E-state index contributed by atoms with van der Waals surface area (Å²) in [4.78, 5) is 26.8. The van der Waals surface area contributed by atoms with Crippen molar-refractivity contribution in [1.82, 2.24) is 4.90 Å². The van der Waals surface area contributed by atoms with Gasteiger partial charge in [-0.2, -0.15) is 0 Å². The van der Waals surface area contributed by atoms with Crippen LogP contribution < -0.4 is 13.8 Å². The molecule has 4 rings (SSSR count). The van der Waals surface area contributed by atoms with Gasteiger partial charge in [0.1, 0.15) is 11.5 Å². The van der Waals surface area contributed by atoms with Crippen LogP contribution >= 0.6 is 0 Å². The molecule has 0 spiro atoms. The van der Waals surface area contributed by atoms with Crippen molar-refractivity contribution in [3.63, 3.8) is 0 Å². The number of hydrogen-bond donors (Lipinski definition) is 0. The summed E-state index contributed by atoms with van der Waals surface area (Å²) in [6, 6.07) is 15.7. The van der Waals surface area contributed by atoms with Crippen molar-refractivity contribution in [2.24, 2.45) is 5.92 Å². The Kier molecular flexibility index (Phi) is 7.11. The van der Waals surface area contributed by atoms with E-state index < -0.39 is 10.0 Å². The highest BCUT2D eigenvalue weighted by Gasteiger charge is 2.30. The lowest BCUT2D eigenvalue weighted by molar-refractivity contribution is -0.140. The molecular weight excluding hydrogens is 472 g/mol. The van der Waals surface area contributed by atoms with E-state index in [2.05, 4.69) is 0 Å². The van der Waals surface area contributed by atoms with Crippen LogP contribution in [-0.2, 0) is 14.8 Å². The van der Waals surface area contributed by atoms with Gasteiger partial charge in [0.15, 0.2) is 5.76 Å². The van der Waals surface area contributed by atoms with Crippen LogP contribution in [0.15, 0.2) is 76.2 Å². The maximum Gasteiger partial charge on any atom is 0.314 e. The van der Waals surface area contributed by atoms with Crippen LogP contribution in [0.2, 0.25) is 0 Å². The number of carbonyl (C=O) groups excluding carboxylic acids is 2. The number of carbonyl (C=O) groups is 2. The standard InChI is InChI=1S/C25H26N2O7S/c1-26(35(30,31)22-11-9-20(32-2)10-12-22)19-5-7-21(8-6-19)34-25(29)18-13-15-27(16-14-18)24(28)23-4-3-17-33-23/h3-12,17-18H,13-16H2,1-2H3. The molecule has 1 aliphatic heterocycles. The number of benzene rings is 2. The summed E-state index contributed by atoms with van der Waals surface area (Å²) in [7, 11) is -0.800. The molecule has 9 nitrogen and oxygen atoms in total. The Morgan fingerprint density at radius 1 is 0.971 bits per heavy atom. The zero-order valence-corrected chi connectivity index (χ0v) is 20.2. The minimum Gasteiger partial charge on any atom is -0.497 e. The number of sulfonamides is 1. The molecule has 0 unspecified atom stereocenters. The zero-order valence-electron chi connectivity index (χ0n) is 19.4. The fourth-order valence-electron chi connectivity index (χ4n) is 3.84. The molecule has 0 aliphatic carbocycles. The lowest BCUT2D eigenvalue weighted by Gasteiger charge is -2.30. The Hall–Kier alpha value is -3.79. The molecule has 1 aliphatic rings. The topological polar surface area (TPSA) is 106 Å². The zero-order chi connectivity index (χ0) is 25.0. The van der Waals surface area contributed by atoms with Crippen LogP contribution in [0.3, 0.4) is 0 Å². The molecule has 0 radical (unpaired) electrons. The second-order valence-electron chi connectivity index (χ2n) is 8.11. The van der Waals surface area contributed by atoms with Gasteiger partial charge in [0, 0.05) is 20.1 Å². The van der Waals surface area contributed by atoms with Crippen LogP contribution in [0.4, 0.5) is 5.69 Å². The van der Waals surface area contributed by atoms with E-state index in [1.807, 2.05) is 0 Å². The molecule has 10 heteroatoms. The maximum absolute atomic E-state index is 12.9. The average Bonchev–Trinajstić information content (AvgIpc) is 3.43. The molecule has 0 N–H and O–H groups in total. The summed E-state index contributed by atoms with van der Waals surface area (Å²) in [6.45, 7) is 0.874. The SMILES string of the molecule is COc1ccc(S(=O)(=O)N(C)c2ccc(OC(=O)C3CCN(C(=O)c4ccco4)CC3)cc2)cc1. The number of furan rings is 1. The number of hydrogen-bond acceptors (Lipinski definition) is 7. The smallest absolute Gasteiger partial charge is 0.314 e. The Balaban J connectivity index is 1.34. The molecule has 1 fully saturated rings.